The summed E-state index contributed by atoms with van der Waals surface area (Å²) in [6, 6.07) is 1.58. The average molecular weight is 880 g/mol. The number of nitrogens with one attached hydrogen (secondary N) is 2. The molecule has 4 amide bonds. The van der Waals surface area contributed by atoms with Gasteiger partial charge >= 0.3 is 12.3 Å². The van der Waals surface area contributed by atoms with Gasteiger partial charge < -0.3 is 20.1 Å². The summed E-state index contributed by atoms with van der Waals surface area (Å²) in [5.74, 6) is -4.40. The fraction of sp³-hybridized carbons (Fsp3) is 0.600. The number of carboxylic acid groups (broad SMARTS) is 1. The molecule has 0 unspecified atom stereocenters. The number of aromatic nitrogens is 3. The van der Waals surface area contributed by atoms with Crippen LogP contribution in [0, 0.1) is 24.7 Å². The summed E-state index contributed by atoms with van der Waals surface area (Å²) in [4.78, 5) is 66.9. The SMILES string of the molecule is Cc1cn2c(n1)nc(O[C@@H]1C[C@H]3C(=O)N[C@]4(C(=O)NS(=O)(=O)C5(C)CC5)C[C@H]4C=CCC[C@@H](C)C[C@@H](C)[C@H](N(C(=O)O)C(C)(C)C(F)(F)F)C(=O)N3C1)c1cc(Cl)ccc12. The van der Waals surface area contributed by atoms with E-state index in [0.717, 1.165) is 4.90 Å². The van der Waals surface area contributed by atoms with E-state index in [2.05, 4.69) is 20.0 Å². The highest BCUT2D eigenvalue weighted by Gasteiger charge is 2.64. The van der Waals surface area contributed by atoms with Crippen molar-refractivity contribution in [3.8, 4) is 5.88 Å². The summed E-state index contributed by atoms with van der Waals surface area (Å²) in [5.41, 5.74) is -3.52. The van der Waals surface area contributed by atoms with Crippen LogP contribution in [0.5, 0.6) is 5.88 Å². The summed E-state index contributed by atoms with van der Waals surface area (Å²) in [7, 11) is -4.14. The van der Waals surface area contributed by atoms with Crippen LogP contribution in [0.1, 0.15) is 85.3 Å². The molecular formula is C40H49ClF3N7O8S. The Morgan fingerprint density at radius 2 is 1.83 bits per heavy atom. The lowest BCUT2D eigenvalue weighted by atomic mass is 9.85. The number of carbonyl (C=O) groups excluding carboxylic acids is 3. The van der Waals surface area contributed by atoms with Gasteiger partial charge in [-0.2, -0.15) is 18.2 Å². The zero-order valence-corrected chi connectivity index (χ0v) is 35.6. The molecule has 1 saturated heterocycles. The van der Waals surface area contributed by atoms with Crippen molar-refractivity contribution in [3.05, 3.63) is 47.3 Å². The summed E-state index contributed by atoms with van der Waals surface area (Å²) in [5, 5.41) is 14.0. The molecule has 0 radical (unpaired) electrons. The number of fused-ring (bicyclic) bond motifs is 5. The average Bonchev–Trinajstić information content (AvgIpc) is 3.96. The highest BCUT2D eigenvalue weighted by molar-refractivity contribution is 7.91. The van der Waals surface area contributed by atoms with Gasteiger partial charge in [0, 0.05) is 23.6 Å². The first kappa shape index (κ1) is 43.4. The Bertz CT molecular complexity index is 2400. The number of nitrogens with zero attached hydrogens (tertiary/aromatic N) is 5. The Balaban J connectivity index is 1.32. The maximum atomic E-state index is 15.1. The number of ether oxygens (including phenoxy) is 1. The van der Waals surface area contributed by atoms with Crippen LogP contribution in [0.3, 0.4) is 0 Å². The molecule has 7 atom stereocenters. The number of carbonyl (C=O) groups is 4. The highest BCUT2D eigenvalue weighted by atomic mass is 35.5. The molecule has 2 aromatic heterocycles. The van der Waals surface area contributed by atoms with Gasteiger partial charge in [0.05, 0.1) is 27.9 Å². The van der Waals surface area contributed by atoms with E-state index in [0.29, 0.717) is 61.2 Å². The minimum absolute atomic E-state index is 0.0378. The third-order valence-corrected chi connectivity index (χ3v) is 15.1. The smallest absolute Gasteiger partial charge is 0.411 e. The Morgan fingerprint density at radius 3 is 2.48 bits per heavy atom. The molecular weight excluding hydrogens is 831 g/mol. The largest absolute Gasteiger partial charge is 0.472 e. The van der Waals surface area contributed by atoms with Crippen LogP contribution in [0.2, 0.25) is 5.02 Å². The Hall–Kier alpha value is -4.65. The van der Waals surface area contributed by atoms with Gasteiger partial charge in [0.1, 0.15) is 29.3 Å². The molecule has 4 heterocycles. The van der Waals surface area contributed by atoms with E-state index in [4.69, 9.17) is 16.3 Å². The summed E-state index contributed by atoms with van der Waals surface area (Å²) < 4.78 is 80.0. The van der Waals surface area contributed by atoms with Gasteiger partial charge in [-0.25, -0.2) is 18.2 Å². The predicted molar refractivity (Wildman–Crippen MR) is 214 cm³/mol. The predicted octanol–water partition coefficient (Wildman–Crippen LogP) is 5.77. The topological polar surface area (TPSA) is 193 Å². The van der Waals surface area contributed by atoms with Crippen LogP contribution >= 0.6 is 11.6 Å². The number of hydrogen-bond acceptors (Lipinski definition) is 9. The molecule has 4 aliphatic rings. The number of allylic oxidation sites excluding steroid dienone is 1. The normalized spacial score (nSPS) is 28.6. The lowest BCUT2D eigenvalue weighted by Gasteiger charge is -2.45. The van der Waals surface area contributed by atoms with Crippen molar-refractivity contribution in [1.29, 1.82) is 0 Å². The molecule has 3 aromatic rings. The van der Waals surface area contributed by atoms with Gasteiger partial charge in [-0.15, -0.1) is 0 Å². The van der Waals surface area contributed by atoms with Crippen molar-refractivity contribution in [2.24, 2.45) is 17.8 Å². The molecule has 1 aromatic carbocycles. The van der Waals surface area contributed by atoms with E-state index in [1.54, 1.807) is 47.9 Å². The Kier molecular flexibility index (Phi) is 10.9. The number of halogens is 4. The minimum Gasteiger partial charge on any atom is -0.472 e. The maximum absolute atomic E-state index is 15.1. The second-order valence-electron chi connectivity index (χ2n) is 17.7. The van der Waals surface area contributed by atoms with Gasteiger partial charge in [0.15, 0.2) is 0 Å². The summed E-state index contributed by atoms with van der Waals surface area (Å²) >= 11 is 6.40. The molecule has 0 bridgehead atoms. The van der Waals surface area contributed by atoms with Gasteiger partial charge in [-0.1, -0.05) is 37.6 Å². The monoisotopic (exact) mass is 879 g/mol. The minimum atomic E-state index is -5.11. The van der Waals surface area contributed by atoms with E-state index < -0.39 is 92.4 Å². The number of hydrogen-bond donors (Lipinski definition) is 3. The second-order valence-corrected chi connectivity index (χ2v) is 20.4. The van der Waals surface area contributed by atoms with Crippen LogP contribution in [0.15, 0.2) is 36.5 Å². The zero-order chi connectivity index (χ0) is 43.9. The number of imidazole rings is 1. The van der Waals surface area contributed by atoms with E-state index >= 15 is 4.79 Å². The van der Waals surface area contributed by atoms with Crippen molar-refractivity contribution in [3.63, 3.8) is 0 Å². The van der Waals surface area contributed by atoms with Gasteiger partial charge in [0.2, 0.25) is 33.5 Å². The first-order chi connectivity index (χ1) is 27.9. The summed E-state index contributed by atoms with van der Waals surface area (Å²) in [6.45, 7) is 7.63. The van der Waals surface area contributed by atoms with Crippen LogP contribution < -0.4 is 14.8 Å². The number of rotatable bonds is 7. The molecule has 7 rings (SSSR count). The third-order valence-electron chi connectivity index (χ3n) is 12.7. The number of benzene rings is 1. The summed E-state index contributed by atoms with van der Waals surface area (Å²) in [6.07, 6.45) is -1.27. The highest BCUT2D eigenvalue weighted by Crippen LogP contribution is 2.48. The molecule has 3 N–H and O–H groups in total. The molecule has 326 valence electrons. The molecule has 15 nitrogen and oxygen atoms in total. The van der Waals surface area contributed by atoms with Gasteiger partial charge in [-0.05, 0) is 96.3 Å². The van der Waals surface area contributed by atoms with E-state index in [1.165, 1.54) is 13.8 Å². The first-order valence-electron chi connectivity index (χ1n) is 20.0. The molecule has 2 saturated carbocycles. The standard InChI is InChI=1S/C40H49ClF3N7O8S/c1-21-9-7-8-10-24-18-39(24,34(54)48-60(57,58)38(6)13-14-38)47-31(52)29-17-26(59-32-27-16-25(41)11-12-28(27)50-19-23(3)45-35(50)46-32)20-49(29)33(53)30(22(2)15-21)51(36(55)56)37(4,5)40(42,43)44/h8,10-12,16,19,21-22,24,26,29-30H,7,9,13-15,17-18,20H2,1-6H3,(H,47,52)(H,48,54)(H,55,56)/t21-,22-,24-,26-,29+,30+,39-/m1/s1. The van der Waals surface area contributed by atoms with Crippen LogP contribution in [-0.2, 0) is 24.4 Å². The Morgan fingerprint density at radius 1 is 1.13 bits per heavy atom. The molecule has 60 heavy (non-hydrogen) atoms. The van der Waals surface area contributed by atoms with Crippen molar-refractivity contribution < 1.29 is 50.6 Å². The zero-order valence-electron chi connectivity index (χ0n) is 34.0. The van der Waals surface area contributed by atoms with Gasteiger partial charge in [-0.3, -0.25) is 28.4 Å². The fourth-order valence-corrected chi connectivity index (χ4v) is 10.1. The quantitative estimate of drug-likeness (QED) is 0.246. The van der Waals surface area contributed by atoms with Crippen molar-refractivity contribution in [1.82, 2.24) is 34.2 Å². The number of amides is 4. The molecule has 3 fully saturated rings. The first-order valence-corrected chi connectivity index (χ1v) is 21.8. The maximum Gasteiger partial charge on any atom is 0.411 e. The van der Waals surface area contributed by atoms with E-state index in [9.17, 15) is 41.1 Å². The van der Waals surface area contributed by atoms with Crippen molar-refractivity contribution in [2.75, 3.05) is 6.54 Å². The van der Waals surface area contributed by atoms with Crippen LogP contribution in [0.25, 0.3) is 16.7 Å². The van der Waals surface area contributed by atoms with Crippen LogP contribution in [-0.4, -0.2) is 108 Å². The van der Waals surface area contributed by atoms with Crippen molar-refractivity contribution in [2.45, 2.75) is 127 Å². The lowest BCUT2D eigenvalue weighted by Crippen LogP contribution is -2.66. The fourth-order valence-electron chi connectivity index (χ4n) is 8.61. The van der Waals surface area contributed by atoms with Crippen LogP contribution in [0.4, 0.5) is 18.0 Å². The molecule has 2 aliphatic carbocycles. The molecule has 20 heteroatoms. The van der Waals surface area contributed by atoms with E-state index in [-0.39, 0.29) is 41.7 Å². The molecule has 0 spiro atoms. The van der Waals surface area contributed by atoms with Gasteiger partial charge in [0.25, 0.3) is 5.91 Å². The number of alkyl halides is 3. The lowest BCUT2D eigenvalue weighted by molar-refractivity contribution is -0.222. The molecule has 2 aliphatic heterocycles. The second kappa shape index (κ2) is 15.1. The number of aryl methyl sites for hydroxylation is 1. The van der Waals surface area contributed by atoms with E-state index in [1.807, 2.05) is 6.92 Å². The number of sulfonamides is 1. The van der Waals surface area contributed by atoms with Crippen molar-refractivity contribution >= 4 is 62.1 Å². The third kappa shape index (κ3) is 7.75. The Labute approximate surface area is 350 Å².